The highest BCUT2D eigenvalue weighted by molar-refractivity contribution is 7.92. The van der Waals surface area contributed by atoms with Crippen LogP contribution in [0.2, 0.25) is 5.28 Å². The number of rotatable bonds is 7. The summed E-state index contributed by atoms with van der Waals surface area (Å²) in [6.07, 6.45) is 0.451. The number of hydrogen-bond donors (Lipinski definition) is 3. The van der Waals surface area contributed by atoms with Gasteiger partial charge in [-0.25, -0.2) is 13.1 Å². The zero-order chi connectivity index (χ0) is 19.3. The second kappa shape index (κ2) is 7.98. The topological polar surface area (TPSA) is 126 Å². The maximum absolute atomic E-state index is 12.5. The molecule has 0 fully saturated rings. The van der Waals surface area contributed by atoms with Gasteiger partial charge in [-0.2, -0.15) is 15.0 Å². The standard InChI is InChI=1S/C16H13ClN6O3S/c17-14-20-15(19-11-5-2-1-3-6-11)22-16(21-14)23-27(25,26)13-8-4-7-12(9-13)18-10-24/h1-10H,(H,18,24)(H2,19,20,21,22,23). The Morgan fingerprint density at radius 2 is 1.59 bits per heavy atom. The number of halogens is 1. The number of nitrogens with one attached hydrogen (secondary N) is 3. The van der Waals surface area contributed by atoms with Gasteiger partial charge in [-0.3, -0.25) is 4.79 Å². The van der Waals surface area contributed by atoms with E-state index in [0.717, 1.165) is 0 Å². The van der Waals surface area contributed by atoms with Crippen molar-refractivity contribution in [1.82, 2.24) is 15.0 Å². The smallest absolute Gasteiger partial charge is 0.264 e. The molecule has 0 bridgehead atoms. The summed E-state index contributed by atoms with van der Waals surface area (Å²) < 4.78 is 27.3. The maximum Gasteiger partial charge on any atom is 0.264 e. The van der Waals surface area contributed by atoms with Crippen LogP contribution in [0.5, 0.6) is 0 Å². The molecule has 2 aromatic carbocycles. The van der Waals surface area contributed by atoms with Gasteiger partial charge in [0.15, 0.2) is 0 Å². The van der Waals surface area contributed by atoms with Crippen LogP contribution in [0.3, 0.4) is 0 Å². The minimum absolute atomic E-state index is 0.0790. The molecular formula is C16H13ClN6O3S. The molecule has 3 aromatic rings. The lowest BCUT2D eigenvalue weighted by molar-refractivity contribution is -0.105. The fraction of sp³-hybridized carbons (Fsp3) is 0. The fourth-order valence-corrected chi connectivity index (χ4v) is 3.25. The minimum atomic E-state index is -4.01. The minimum Gasteiger partial charge on any atom is -0.329 e. The SMILES string of the molecule is O=CNc1cccc(S(=O)(=O)Nc2nc(Cl)nc(Nc3ccccc3)n2)c1. The lowest BCUT2D eigenvalue weighted by Gasteiger charge is -2.10. The van der Waals surface area contributed by atoms with Crippen molar-refractivity contribution in [3.63, 3.8) is 0 Å². The molecule has 0 saturated carbocycles. The van der Waals surface area contributed by atoms with Crippen molar-refractivity contribution in [3.05, 3.63) is 59.9 Å². The second-order valence-corrected chi connectivity index (χ2v) is 7.16. The highest BCUT2D eigenvalue weighted by atomic mass is 35.5. The first-order valence-corrected chi connectivity index (χ1v) is 9.39. The van der Waals surface area contributed by atoms with Crippen molar-refractivity contribution in [2.24, 2.45) is 0 Å². The van der Waals surface area contributed by atoms with Gasteiger partial charge in [-0.1, -0.05) is 24.3 Å². The van der Waals surface area contributed by atoms with Crippen molar-refractivity contribution in [2.45, 2.75) is 4.90 Å². The Labute approximate surface area is 159 Å². The molecule has 0 radical (unpaired) electrons. The zero-order valence-corrected chi connectivity index (χ0v) is 15.2. The van der Waals surface area contributed by atoms with E-state index in [-0.39, 0.29) is 22.1 Å². The Morgan fingerprint density at radius 1 is 0.889 bits per heavy atom. The molecule has 0 spiro atoms. The third-order valence-electron chi connectivity index (χ3n) is 3.23. The number of para-hydroxylation sites is 1. The first-order chi connectivity index (χ1) is 13.0. The van der Waals surface area contributed by atoms with Crippen molar-refractivity contribution in [3.8, 4) is 0 Å². The summed E-state index contributed by atoms with van der Waals surface area (Å²) in [5.41, 5.74) is 1.02. The van der Waals surface area contributed by atoms with E-state index in [9.17, 15) is 13.2 Å². The van der Waals surface area contributed by atoms with Gasteiger partial charge in [0.2, 0.25) is 23.6 Å². The number of amides is 1. The van der Waals surface area contributed by atoms with Crippen LogP contribution >= 0.6 is 11.6 Å². The highest BCUT2D eigenvalue weighted by Gasteiger charge is 2.17. The third-order valence-corrected chi connectivity index (χ3v) is 4.73. The molecule has 138 valence electrons. The van der Waals surface area contributed by atoms with E-state index in [0.29, 0.717) is 17.8 Å². The molecule has 3 rings (SSSR count). The predicted molar refractivity (Wildman–Crippen MR) is 101 cm³/mol. The van der Waals surface area contributed by atoms with E-state index in [1.165, 1.54) is 18.2 Å². The second-order valence-electron chi connectivity index (χ2n) is 5.14. The average molecular weight is 405 g/mol. The Kier molecular flexibility index (Phi) is 5.48. The van der Waals surface area contributed by atoms with Gasteiger partial charge in [0, 0.05) is 11.4 Å². The molecule has 0 atom stereocenters. The van der Waals surface area contributed by atoms with Crippen LogP contribution in [-0.4, -0.2) is 29.8 Å². The predicted octanol–water partition coefficient (Wildman–Crippen LogP) is 2.64. The Balaban J connectivity index is 1.86. The van der Waals surface area contributed by atoms with Crippen molar-refractivity contribution < 1.29 is 13.2 Å². The summed E-state index contributed by atoms with van der Waals surface area (Å²) >= 11 is 5.87. The lowest BCUT2D eigenvalue weighted by atomic mass is 10.3. The van der Waals surface area contributed by atoms with Crippen LogP contribution in [0.1, 0.15) is 0 Å². The molecule has 0 saturated heterocycles. The summed E-state index contributed by atoms with van der Waals surface area (Å²) in [5.74, 6) is -0.169. The molecule has 27 heavy (non-hydrogen) atoms. The van der Waals surface area contributed by atoms with Gasteiger partial charge in [0.1, 0.15) is 0 Å². The first-order valence-electron chi connectivity index (χ1n) is 7.53. The quantitative estimate of drug-likeness (QED) is 0.516. The van der Waals surface area contributed by atoms with E-state index in [1.807, 2.05) is 18.2 Å². The molecule has 1 heterocycles. The number of carbonyl (C=O) groups is 1. The molecule has 0 aliphatic heterocycles. The van der Waals surface area contributed by atoms with Crippen LogP contribution in [0.15, 0.2) is 59.5 Å². The van der Waals surface area contributed by atoms with Gasteiger partial charge in [-0.15, -0.1) is 0 Å². The summed E-state index contributed by atoms with van der Waals surface area (Å²) in [4.78, 5) is 22.2. The monoisotopic (exact) mass is 404 g/mol. The van der Waals surface area contributed by atoms with E-state index in [1.54, 1.807) is 18.2 Å². The number of aromatic nitrogens is 3. The van der Waals surface area contributed by atoms with Gasteiger partial charge in [0.05, 0.1) is 4.90 Å². The molecule has 3 N–H and O–H groups in total. The molecule has 0 unspecified atom stereocenters. The molecule has 1 amide bonds. The lowest BCUT2D eigenvalue weighted by Crippen LogP contribution is -2.16. The van der Waals surface area contributed by atoms with E-state index in [4.69, 9.17) is 11.6 Å². The fourth-order valence-electron chi connectivity index (χ4n) is 2.10. The van der Waals surface area contributed by atoms with Gasteiger partial charge >= 0.3 is 0 Å². The first kappa shape index (κ1) is 18.5. The van der Waals surface area contributed by atoms with Gasteiger partial charge in [0.25, 0.3) is 10.0 Å². The number of hydrogen-bond acceptors (Lipinski definition) is 7. The van der Waals surface area contributed by atoms with E-state index in [2.05, 4.69) is 30.3 Å². The normalized spacial score (nSPS) is 10.9. The van der Waals surface area contributed by atoms with E-state index < -0.39 is 10.0 Å². The van der Waals surface area contributed by atoms with Crippen LogP contribution < -0.4 is 15.4 Å². The largest absolute Gasteiger partial charge is 0.329 e. The van der Waals surface area contributed by atoms with Crippen molar-refractivity contribution in [2.75, 3.05) is 15.4 Å². The average Bonchev–Trinajstić information content (AvgIpc) is 2.62. The zero-order valence-electron chi connectivity index (χ0n) is 13.6. The van der Waals surface area contributed by atoms with Gasteiger partial charge < -0.3 is 10.6 Å². The van der Waals surface area contributed by atoms with Crippen LogP contribution in [0, 0.1) is 0 Å². The summed E-state index contributed by atoms with van der Waals surface area (Å²) in [6, 6.07) is 14.7. The van der Waals surface area contributed by atoms with Crippen LogP contribution in [0.4, 0.5) is 23.3 Å². The Morgan fingerprint density at radius 3 is 2.33 bits per heavy atom. The number of carbonyl (C=O) groups excluding carboxylic acids is 1. The molecule has 9 nitrogen and oxygen atoms in total. The Bertz CT molecular complexity index is 1060. The molecule has 0 aliphatic rings. The number of sulfonamides is 1. The Hall–Kier alpha value is -3.24. The number of nitrogens with zero attached hydrogens (tertiary/aromatic N) is 3. The maximum atomic E-state index is 12.5. The van der Waals surface area contributed by atoms with Crippen LogP contribution in [0.25, 0.3) is 0 Å². The molecule has 1 aromatic heterocycles. The summed E-state index contributed by atoms with van der Waals surface area (Å²) in [7, 11) is -4.01. The van der Waals surface area contributed by atoms with E-state index >= 15 is 0 Å². The molecular weight excluding hydrogens is 392 g/mol. The summed E-state index contributed by atoms with van der Waals surface area (Å²) in [5, 5.41) is 5.11. The van der Waals surface area contributed by atoms with Gasteiger partial charge in [-0.05, 0) is 41.9 Å². The van der Waals surface area contributed by atoms with Crippen molar-refractivity contribution >= 4 is 51.3 Å². The van der Waals surface area contributed by atoms with Crippen molar-refractivity contribution in [1.29, 1.82) is 0 Å². The summed E-state index contributed by atoms with van der Waals surface area (Å²) in [6.45, 7) is 0. The molecule has 0 aliphatic carbocycles. The molecule has 11 heteroatoms. The third kappa shape index (κ3) is 4.90. The number of anilines is 4. The number of benzene rings is 2. The van der Waals surface area contributed by atoms with Crippen LogP contribution in [-0.2, 0) is 14.8 Å². The highest BCUT2D eigenvalue weighted by Crippen LogP contribution is 2.20.